The first-order valence-corrected chi connectivity index (χ1v) is 5.90. The molecule has 2 heterocycles. The monoisotopic (exact) mass is 252 g/mol. The minimum atomic E-state index is -0.838. The number of carboxylic acid groups (broad SMARTS) is 1. The van der Waals surface area contributed by atoms with Crippen LogP contribution < -0.4 is 0 Å². The molecule has 0 bridgehead atoms. The number of nitrogens with zero attached hydrogens (tertiary/aromatic N) is 2. The lowest BCUT2D eigenvalue weighted by atomic mass is 9.99. The first-order chi connectivity index (χ1) is 8.47. The molecule has 0 unspecified atom stereocenters. The number of rotatable bonds is 3. The Morgan fingerprint density at radius 1 is 1.56 bits per heavy atom. The van der Waals surface area contributed by atoms with Crippen molar-refractivity contribution >= 4 is 11.9 Å². The SMILES string of the molecule is Cc1cc(CC(=O)N2C[C@@H](C)[C@H](C(=O)O)C2)no1. The predicted molar refractivity (Wildman–Crippen MR) is 61.8 cm³/mol. The number of hydrogen-bond donors (Lipinski definition) is 1. The largest absolute Gasteiger partial charge is 0.481 e. The molecule has 1 aliphatic rings. The Morgan fingerprint density at radius 3 is 2.78 bits per heavy atom. The Labute approximate surface area is 105 Å². The molecule has 1 N–H and O–H groups in total. The zero-order valence-corrected chi connectivity index (χ0v) is 10.4. The van der Waals surface area contributed by atoms with Gasteiger partial charge in [-0.05, 0) is 12.8 Å². The lowest BCUT2D eigenvalue weighted by Crippen LogP contribution is -2.31. The molecule has 1 fully saturated rings. The van der Waals surface area contributed by atoms with Crippen LogP contribution in [0, 0.1) is 18.8 Å². The number of carboxylic acids is 1. The summed E-state index contributed by atoms with van der Waals surface area (Å²) in [6.07, 6.45) is 0.163. The molecule has 1 aliphatic heterocycles. The van der Waals surface area contributed by atoms with Crippen molar-refractivity contribution in [1.82, 2.24) is 10.1 Å². The third kappa shape index (κ3) is 2.52. The van der Waals surface area contributed by atoms with Crippen molar-refractivity contribution in [2.75, 3.05) is 13.1 Å². The molecule has 0 aliphatic carbocycles. The fourth-order valence-corrected chi connectivity index (χ4v) is 2.26. The summed E-state index contributed by atoms with van der Waals surface area (Å²) in [4.78, 5) is 24.6. The zero-order chi connectivity index (χ0) is 13.3. The van der Waals surface area contributed by atoms with Gasteiger partial charge in [0.05, 0.1) is 18.0 Å². The molecule has 1 amide bonds. The molecule has 1 aromatic heterocycles. The lowest BCUT2D eigenvalue weighted by molar-refractivity contribution is -0.142. The summed E-state index contributed by atoms with van der Waals surface area (Å²) in [7, 11) is 0. The Bertz CT molecular complexity index is 468. The van der Waals surface area contributed by atoms with Crippen molar-refractivity contribution in [2.24, 2.45) is 11.8 Å². The summed E-state index contributed by atoms with van der Waals surface area (Å²) >= 11 is 0. The van der Waals surface area contributed by atoms with Crippen LogP contribution in [-0.2, 0) is 16.0 Å². The van der Waals surface area contributed by atoms with E-state index in [4.69, 9.17) is 9.63 Å². The van der Waals surface area contributed by atoms with Gasteiger partial charge >= 0.3 is 5.97 Å². The van der Waals surface area contributed by atoms with Crippen LogP contribution in [0.15, 0.2) is 10.6 Å². The van der Waals surface area contributed by atoms with E-state index >= 15 is 0 Å². The molecular formula is C12H16N2O4. The standard InChI is InChI=1S/C12H16N2O4/c1-7-5-14(6-10(7)12(16)17)11(15)4-9-3-8(2)18-13-9/h3,7,10H,4-6H2,1-2H3,(H,16,17)/t7-,10-/m1/s1. The van der Waals surface area contributed by atoms with E-state index in [-0.39, 0.29) is 24.8 Å². The first kappa shape index (κ1) is 12.6. The quantitative estimate of drug-likeness (QED) is 0.856. The predicted octanol–water partition coefficient (Wildman–Crippen LogP) is 0.705. The van der Waals surface area contributed by atoms with Gasteiger partial charge < -0.3 is 14.5 Å². The summed E-state index contributed by atoms with van der Waals surface area (Å²) < 4.78 is 4.89. The van der Waals surface area contributed by atoms with Crippen molar-refractivity contribution < 1.29 is 19.2 Å². The number of aryl methyl sites for hydroxylation is 1. The van der Waals surface area contributed by atoms with Crippen molar-refractivity contribution in [3.8, 4) is 0 Å². The number of likely N-dealkylation sites (tertiary alicyclic amines) is 1. The van der Waals surface area contributed by atoms with Gasteiger partial charge in [-0.25, -0.2) is 0 Å². The van der Waals surface area contributed by atoms with Gasteiger partial charge in [0.15, 0.2) is 0 Å². The zero-order valence-electron chi connectivity index (χ0n) is 10.4. The van der Waals surface area contributed by atoms with Crippen LogP contribution >= 0.6 is 0 Å². The fourth-order valence-electron chi connectivity index (χ4n) is 2.26. The smallest absolute Gasteiger partial charge is 0.308 e. The molecule has 6 nitrogen and oxygen atoms in total. The second-order valence-corrected chi connectivity index (χ2v) is 4.83. The van der Waals surface area contributed by atoms with Crippen LogP contribution in [0.4, 0.5) is 0 Å². The molecule has 1 aromatic rings. The summed E-state index contributed by atoms with van der Waals surface area (Å²) in [5, 5.41) is 12.8. The molecule has 2 atom stereocenters. The Hall–Kier alpha value is -1.85. The topological polar surface area (TPSA) is 83.6 Å². The maximum absolute atomic E-state index is 12.0. The highest BCUT2D eigenvalue weighted by Crippen LogP contribution is 2.23. The molecule has 6 heteroatoms. The lowest BCUT2D eigenvalue weighted by Gasteiger charge is -2.14. The normalized spacial score (nSPS) is 23.3. The van der Waals surface area contributed by atoms with Crippen LogP contribution in [0.5, 0.6) is 0 Å². The van der Waals surface area contributed by atoms with E-state index in [0.717, 1.165) is 0 Å². The Kier molecular flexibility index (Phi) is 3.36. The summed E-state index contributed by atoms with van der Waals surface area (Å²) in [5.74, 6) is -0.747. The summed E-state index contributed by atoms with van der Waals surface area (Å²) in [6, 6.07) is 1.71. The van der Waals surface area contributed by atoms with Crippen LogP contribution in [0.3, 0.4) is 0 Å². The highest BCUT2D eigenvalue weighted by Gasteiger charge is 2.36. The second kappa shape index (κ2) is 4.80. The average molecular weight is 252 g/mol. The van der Waals surface area contributed by atoms with Gasteiger partial charge in [-0.3, -0.25) is 9.59 Å². The first-order valence-electron chi connectivity index (χ1n) is 5.90. The van der Waals surface area contributed by atoms with Crippen molar-refractivity contribution in [2.45, 2.75) is 20.3 Å². The van der Waals surface area contributed by atoms with E-state index in [1.165, 1.54) is 0 Å². The van der Waals surface area contributed by atoms with Crippen LogP contribution in [0.25, 0.3) is 0 Å². The van der Waals surface area contributed by atoms with Crippen molar-refractivity contribution in [3.05, 3.63) is 17.5 Å². The van der Waals surface area contributed by atoms with Gasteiger partial charge in [0.1, 0.15) is 5.76 Å². The minimum Gasteiger partial charge on any atom is -0.481 e. The molecule has 18 heavy (non-hydrogen) atoms. The Morgan fingerprint density at radius 2 is 2.28 bits per heavy atom. The van der Waals surface area contributed by atoms with Gasteiger partial charge in [-0.1, -0.05) is 12.1 Å². The molecule has 0 radical (unpaired) electrons. The number of amides is 1. The van der Waals surface area contributed by atoms with Gasteiger partial charge in [0, 0.05) is 19.2 Å². The maximum Gasteiger partial charge on any atom is 0.308 e. The van der Waals surface area contributed by atoms with E-state index in [1.807, 2.05) is 6.92 Å². The number of aliphatic carboxylic acids is 1. The fraction of sp³-hybridized carbons (Fsp3) is 0.583. The third-order valence-electron chi connectivity index (χ3n) is 3.29. The number of hydrogen-bond acceptors (Lipinski definition) is 4. The molecule has 0 aromatic carbocycles. The summed E-state index contributed by atoms with van der Waals surface area (Å²) in [5.41, 5.74) is 0.587. The van der Waals surface area contributed by atoms with Crippen LogP contribution in [0.1, 0.15) is 18.4 Å². The molecular weight excluding hydrogens is 236 g/mol. The number of aromatic nitrogens is 1. The Balaban J connectivity index is 1.97. The molecule has 0 spiro atoms. The maximum atomic E-state index is 12.0. The van der Waals surface area contributed by atoms with Gasteiger partial charge in [-0.15, -0.1) is 0 Å². The van der Waals surface area contributed by atoms with E-state index in [1.54, 1.807) is 17.9 Å². The molecule has 2 rings (SSSR count). The minimum absolute atomic E-state index is 0.00880. The van der Waals surface area contributed by atoms with E-state index in [2.05, 4.69) is 5.16 Å². The van der Waals surface area contributed by atoms with Crippen LogP contribution in [0.2, 0.25) is 0 Å². The molecule has 1 saturated heterocycles. The van der Waals surface area contributed by atoms with Gasteiger partial charge in [-0.2, -0.15) is 0 Å². The van der Waals surface area contributed by atoms with Gasteiger partial charge in [0.2, 0.25) is 5.91 Å². The third-order valence-corrected chi connectivity index (χ3v) is 3.29. The number of carbonyl (C=O) groups is 2. The van der Waals surface area contributed by atoms with Crippen molar-refractivity contribution in [3.63, 3.8) is 0 Å². The van der Waals surface area contributed by atoms with Crippen molar-refractivity contribution in [1.29, 1.82) is 0 Å². The second-order valence-electron chi connectivity index (χ2n) is 4.83. The van der Waals surface area contributed by atoms with E-state index < -0.39 is 11.9 Å². The molecule has 98 valence electrons. The number of carbonyl (C=O) groups excluding carboxylic acids is 1. The van der Waals surface area contributed by atoms with Gasteiger partial charge in [0.25, 0.3) is 0 Å². The highest BCUT2D eigenvalue weighted by molar-refractivity contribution is 5.80. The van der Waals surface area contributed by atoms with E-state index in [9.17, 15) is 9.59 Å². The van der Waals surface area contributed by atoms with E-state index in [0.29, 0.717) is 18.0 Å². The molecule has 0 saturated carbocycles. The highest BCUT2D eigenvalue weighted by atomic mass is 16.5. The van der Waals surface area contributed by atoms with Crippen LogP contribution in [-0.4, -0.2) is 40.1 Å². The average Bonchev–Trinajstić information content (AvgIpc) is 2.85. The summed E-state index contributed by atoms with van der Waals surface area (Å²) in [6.45, 7) is 4.39.